The van der Waals surface area contributed by atoms with E-state index in [9.17, 15) is 0 Å². The van der Waals surface area contributed by atoms with E-state index in [-0.39, 0.29) is 0 Å². The first kappa shape index (κ1) is 12.4. The first-order valence-electron chi connectivity index (χ1n) is 8.15. The Labute approximate surface area is 121 Å². The molecule has 1 unspecified atom stereocenters. The summed E-state index contributed by atoms with van der Waals surface area (Å²) in [5.74, 6) is 0.861. The van der Waals surface area contributed by atoms with Crippen molar-refractivity contribution < 1.29 is 0 Å². The first-order valence-corrected chi connectivity index (χ1v) is 8.15. The lowest BCUT2D eigenvalue weighted by molar-refractivity contribution is 0.484. The van der Waals surface area contributed by atoms with Crippen molar-refractivity contribution in [3.63, 3.8) is 0 Å². The molecule has 104 valence electrons. The number of aryl methyl sites for hydroxylation is 2. The molecule has 0 amide bonds. The maximum Gasteiger partial charge on any atom is 0.0354 e. The Balaban J connectivity index is 1.83. The molecule has 0 aliphatic heterocycles. The van der Waals surface area contributed by atoms with E-state index in [1.165, 1.54) is 37.5 Å². The summed E-state index contributed by atoms with van der Waals surface area (Å²) < 4.78 is 0. The zero-order valence-electron chi connectivity index (χ0n) is 12.3. The Bertz CT molecular complexity index is 629. The second-order valence-corrected chi connectivity index (χ2v) is 6.42. The fraction of sp³-hybridized carbons (Fsp3) is 0.474. The maximum atomic E-state index is 3.80. The van der Waals surface area contributed by atoms with Gasteiger partial charge in [-0.15, -0.1) is 0 Å². The van der Waals surface area contributed by atoms with Crippen molar-refractivity contribution in [3.8, 4) is 0 Å². The Hall–Kier alpha value is -1.34. The molecule has 0 radical (unpaired) electrons. The molecule has 0 bridgehead atoms. The Morgan fingerprint density at radius 2 is 1.90 bits per heavy atom. The second kappa shape index (κ2) is 4.89. The largest absolute Gasteiger partial charge is 0.310 e. The van der Waals surface area contributed by atoms with Gasteiger partial charge in [-0.1, -0.05) is 37.3 Å². The van der Waals surface area contributed by atoms with Crippen LogP contribution in [0.2, 0.25) is 0 Å². The Kier molecular flexibility index (Phi) is 3.03. The van der Waals surface area contributed by atoms with Gasteiger partial charge in [-0.3, -0.25) is 0 Å². The molecule has 2 aromatic carbocycles. The van der Waals surface area contributed by atoms with E-state index >= 15 is 0 Å². The topological polar surface area (TPSA) is 12.0 Å². The van der Waals surface area contributed by atoms with Crippen molar-refractivity contribution >= 4 is 10.8 Å². The van der Waals surface area contributed by atoms with Crippen LogP contribution in [0.3, 0.4) is 0 Å². The average Bonchev–Trinajstić information content (AvgIpc) is 3.23. The van der Waals surface area contributed by atoms with Gasteiger partial charge in [-0.05, 0) is 72.0 Å². The van der Waals surface area contributed by atoms with Crippen LogP contribution < -0.4 is 5.32 Å². The molecule has 0 spiro atoms. The van der Waals surface area contributed by atoms with Gasteiger partial charge >= 0.3 is 0 Å². The average molecular weight is 265 g/mol. The molecule has 1 heteroatoms. The van der Waals surface area contributed by atoms with E-state index in [0.717, 1.165) is 12.5 Å². The summed E-state index contributed by atoms with van der Waals surface area (Å²) in [6.07, 6.45) is 6.46. The third-order valence-corrected chi connectivity index (χ3v) is 4.95. The summed E-state index contributed by atoms with van der Waals surface area (Å²) in [5.41, 5.74) is 4.66. The fourth-order valence-corrected chi connectivity index (χ4v) is 3.80. The lowest BCUT2D eigenvalue weighted by Gasteiger charge is -2.21. The molecule has 1 atom stereocenters. The summed E-state index contributed by atoms with van der Waals surface area (Å²) in [7, 11) is 0. The molecule has 4 rings (SSSR count). The summed E-state index contributed by atoms with van der Waals surface area (Å²) in [6.45, 7) is 3.38. The van der Waals surface area contributed by atoms with Crippen LogP contribution >= 0.6 is 0 Å². The van der Waals surface area contributed by atoms with Crippen molar-refractivity contribution in [2.75, 3.05) is 6.54 Å². The third kappa shape index (κ3) is 1.96. The van der Waals surface area contributed by atoms with Crippen molar-refractivity contribution in [1.29, 1.82) is 0 Å². The summed E-state index contributed by atoms with van der Waals surface area (Å²) in [5, 5.41) is 6.88. The molecule has 20 heavy (non-hydrogen) atoms. The van der Waals surface area contributed by atoms with Crippen LogP contribution in [0, 0.1) is 5.92 Å². The molecule has 1 nitrogen and oxygen atoms in total. The Morgan fingerprint density at radius 3 is 2.65 bits per heavy atom. The minimum Gasteiger partial charge on any atom is -0.310 e. The zero-order valence-corrected chi connectivity index (χ0v) is 12.3. The van der Waals surface area contributed by atoms with Gasteiger partial charge in [0.1, 0.15) is 0 Å². The number of nitrogens with one attached hydrogen (secondary N) is 1. The quantitative estimate of drug-likeness (QED) is 0.845. The summed E-state index contributed by atoms with van der Waals surface area (Å²) >= 11 is 0. The first-order chi connectivity index (χ1) is 9.88. The van der Waals surface area contributed by atoms with E-state index < -0.39 is 0 Å². The highest BCUT2D eigenvalue weighted by molar-refractivity contribution is 5.93. The molecule has 2 aromatic rings. The normalized spacial score (nSPS) is 18.6. The summed E-state index contributed by atoms with van der Waals surface area (Å²) in [6, 6.07) is 12.3. The van der Waals surface area contributed by atoms with Crippen molar-refractivity contribution in [2.24, 2.45) is 5.92 Å². The molecule has 0 heterocycles. The van der Waals surface area contributed by atoms with Gasteiger partial charge in [-0.25, -0.2) is 0 Å². The van der Waals surface area contributed by atoms with Gasteiger partial charge in [0.05, 0.1) is 0 Å². The van der Waals surface area contributed by atoms with E-state index in [1.807, 2.05) is 0 Å². The maximum absolute atomic E-state index is 3.80. The molecule has 1 fully saturated rings. The minimum absolute atomic E-state index is 0.569. The van der Waals surface area contributed by atoms with Crippen molar-refractivity contribution in [3.05, 3.63) is 47.0 Å². The molecular formula is C19H23N. The lowest BCUT2D eigenvalue weighted by atomic mass is 9.93. The monoisotopic (exact) mass is 265 g/mol. The molecule has 2 aliphatic carbocycles. The van der Waals surface area contributed by atoms with Crippen LogP contribution in [-0.4, -0.2) is 6.54 Å². The predicted molar refractivity (Wildman–Crippen MR) is 85.1 cm³/mol. The van der Waals surface area contributed by atoms with Gasteiger partial charge in [0.25, 0.3) is 0 Å². The van der Waals surface area contributed by atoms with Crippen LogP contribution in [0.15, 0.2) is 30.3 Å². The standard InChI is InChI=1S/C19H23N/c1-2-12-20-19(15-8-9-15)17-11-10-14-7-6-13-4-3-5-16(17)18(13)14/h3-5,10-11,15,19-20H,2,6-9,12H2,1H3. The molecule has 0 saturated heterocycles. The molecular weight excluding hydrogens is 242 g/mol. The highest BCUT2D eigenvalue weighted by Gasteiger charge is 2.33. The van der Waals surface area contributed by atoms with E-state index in [1.54, 1.807) is 22.1 Å². The molecule has 1 N–H and O–H groups in total. The molecule has 1 saturated carbocycles. The van der Waals surface area contributed by atoms with E-state index in [2.05, 4.69) is 42.6 Å². The van der Waals surface area contributed by atoms with Crippen LogP contribution in [-0.2, 0) is 12.8 Å². The van der Waals surface area contributed by atoms with Gasteiger partial charge in [0.15, 0.2) is 0 Å². The molecule has 2 aliphatic rings. The van der Waals surface area contributed by atoms with Gasteiger partial charge in [0.2, 0.25) is 0 Å². The van der Waals surface area contributed by atoms with E-state index in [0.29, 0.717) is 6.04 Å². The number of benzene rings is 2. The van der Waals surface area contributed by atoms with Crippen LogP contribution in [0.25, 0.3) is 10.8 Å². The highest BCUT2D eigenvalue weighted by atomic mass is 14.9. The van der Waals surface area contributed by atoms with Gasteiger partial charge < -0.3 is 5.32 Å². The number of rotatable bonds is 5. The van der Waals surface area contributed by atoms with Gasteiger partial charge in [0, 0.05) is 6.04 Å². The SMILES string of the molecule is CCCNC(c1ccc2c3c(cccc13)CC2)C1CC1. The van der Waals surface area contributed by atoms with Gasteiger partial charge in [-0.2, -0.15) is 0 Å². The lowest BCUT2D eigenvalue weighted by Crippen LogP contribution is -2.24. The summed E-state index contributed by atoms with van der Waals surface area (Å²) in [4.78, 5) is 0. The van der Waals surface area contributed by atoms with Crippen LogP contribution in [0.5, 0.6) is 0 Å². The Morgan fingerprint density at radius 1 is 1.10 bits per heavy atom. The van der Waals surface area contributed by atoms with E-state index in [4.69, 9.17) is 0 Å². The van der Waals surface area contributed by atoms with Crippen molar-refractivity contribution in [1.82, 2.24) is 5.32 Å². The van der Waals surface area contributed by atoms with Crippen LogP contribution in [0.4, 0.5) is 0 Å². The second-order valence-electron chi connectivity index (χ2n) is 6.42. The number of hydrogen-bond donors (Lipinski definition) is 1. The van der Waals surface area contributed by atoms with Crippen molar-refractivity contribution in [2.45, 2.75) is 45.1 Å². The predicted octanol–water partition coefficient (Wildman–Crippen LogP) is 4.39. The van der Waals surface area contributed by atoms with Crippen LogP contribution in [0.1, 0.15) is 48.9 Å². The smallest absolute Gasteiger partial charge is 0.0354 e. The zero-order chi connectivity index (χ0) is 13.5. The third-order valence-electron chi connectivity index (χ3n) is 4.95. The number of hydrogen-bond acceptors (Lipinski definition) is 1. The fourth-order valence-electron chi connectivity index (χ4n) is 3.80. The molecule has 0 aromatic heterocycles. The minimum atomic E-state index is 0.569. The highest BCUT2D eigenvalue weighted by Crippen LogP contribution is 2.44.